The van der Waals surface area contributed by atoms with E-state index < -0.39 is 0 Å². The summed E-state index contributed by atoms with van der Waals surface area (Å²) in [7, 11) is 0. The van der Waals surface area contributed by atoms with Crippen molar-refractivity contribution in [1.82, 2.24) is 10.3 Å². The van der Waals surface area contributed by atoms with Gasteiger partial charge in [-0.1, -0.05) is 0 Å². The van der Waals surface area contributed by atoms with Gasteiger partial charge in [0.25, 0.3) is 0 Å². The smallest absolute Gasteiger partial charge is 0.0900 e. The Kier molecular flexibility index (Phi) is 5.15. The fourth-order valence-corrected chi connectivity index (χ4v) is 3.02. The zero-order valence-electron chi connectivity index (χ0n) is 11.7. The van der Waals surface area contributed by atoms with Gasteiger partial charge in [-0.25, -0.2) is 4.98 Å². The van der Waals surface area contributed by atoms with Crippen LogP contribution in [0.2, 0.25) is 0 Å². The highest BCUT2D eigenvalue weighted by Gasteiger charge is 2.20. The average molecular weight is 268 g/mol. The Morgan fingerprint density at radius 3 is 2.83 bits per heavy atom. The van der Waals surface area contributed by atoms with E-state index in [0.717, 1.165) is 37.1 Å². The number of aromatic nitrogens is 1. The molecule has 0 radical (unpaired) electrons. The molecule has 3 nitrogen and oxygen atoms in total. The van der Waals surface area contributed by atoms with Crippen molar-refractivity contribution < 1.29 is 4.74 Å². The van der Waals surface area contributed by atoms with Crippen LogP contribution in [0, 0.1) is 19.8 Å². The molecule has 0 bridgehead atoms. The number of thiazole rings is 1. The Hall–Kier alpha value is -0.450. The summed E-state index contributed by atoms with van der Waals surface area (Å²) in [5, 5.41) is 4.70. The first-order valence-electron chi connectivity index (χ1n) is 6.92. The van der Waals surface area contributed by atoms with E-state index in [1.165, 1.54) is 23.4 Å². The largest absolute Gasteiger partial charge is 0.381 e. The van der Waals surface area contributed by atoms with Gasteiger partial charge >= 0.3 is 0 Å². The molecular formula is C14H24N2OS. The van der Waals surface area contributed by atoms with Gasteiger partial charge in [0.1, 0.15) is 0 Å². The van der Waals surface area contributed by atoms with E-state index in [2.05, 4.69) is 31.1 Å². The maximum Gasteiger partial charge on any atom is 0.0900 e. The maximum absolute atomic E-state index is 5.62. The quantitative estimate of drug-likeness (QED) is 0.735. The van der Waals surface area contributed by atoms with Gasteiger partial charge in [-0.05, 0) is 52.5 Å². The minimum absolute atomic E-state index is 0.402. The number of nitrogens with zero attached hydrogens (tertiary/aromatic N) is 1. The van der Waals surface area contributed by atoms with Crippen LogP contribution in [0.1, 0.15) is 47.8 Å². The second-order valence-corrected chi connectivity index (χ2v) is 6.46. The normalized spacial score (nSPS) is 17.1. The fraction of sp³-hybridized carbons (Fsp3) is 0.786. The van der Waals surface area contributed by atoms with E-state index >= 15 is 0 Å². The molecule has 102 valence electrons. The molecule has 1 fully saturated rings. The van der Waals surface area contributed by atoms with Crippen molar-refractivity contribution in [1.29, 1.82) is 0 Å². The predicted molar refractivity (Wildman–Crippen MR) is 76.2 cm³/mol. The van der Waals surface area contributed by atoms with E-state index in [-0.39, 0.29) is 0 Å². The summed E-state index contributed by atoms with van der Waals surface area (Å²) < 4.78 is 5.62. The molecule has 1 heterocycles. The van der Waals surface area contributed by atoms with Gasteiger partial charge in [0.2, 0.25) is 0 Å². The molecule has 1 unspecified atom stereocenters. The minimum atomic E-state index is 0.402. The number of rotatable bonds is 8. The van der Waals surface area contributed by atoms with Gasteiger partial charge in [-0.2, -0.15) is 0 Å². The Bertz CT molecular complexity index is 374. The molecule has 0 saturated heterocycles. The van der Waals surface area contributed by atoms with Crippen molar-refractivity contribution in [2.75, 3.05) is 19.8 Å². The molecule has 0 aliphatic heterocycles. The highest BCUT2D eigenvalue weighted by Crippen LogP contribution is 2.28. The Balaban J connectivity index is 1.58. The van der Waals surface area contributed by atoms with Crippen LogP contribution in [0.15, 0.2) is 0 Å². The zero-order valence-corrected chi connectivity index (χ0v) is 12.5. The monoisotopic (exact) mass is 268 g/mol. The lowest BCUT2D eigenvalue weighted by Crippen LogP contribution is -2.21. The second kappa shape index (κ2) is 6.64. The molecule has 4 heteroatoms. The van der Waals surface area contributed by atoms with Crippen molar-refractivity contribution in [3.8, 4) is 0 Å². The highest BCUT2D eigenvalue weighted by molar-refractivity contribution is 7.11. The average Bonchev–Trinajstić information content (AvgIpc) is 3.08. The first-order chi connectivity index (χ1) is 8.66. The topological polar surface area (TPSA) is 34.2 Å². The summed E-state index contributed by atoms with van der Waals surface area (Å²) >= 11 is 1.80. The van der Waals surface area contributed by atoms with Crippen molar-refractivity contribution in [3.05, 3.63) is 15.6 Å². The zero-order chi connectivity index (χ0) is 13.0. The predicted octanol–water partition coefficient (Wildman–Crippen LogP) is 3.23. The van der Waals surface area contributed by atoms with E-state index in [1.807, 2.05) is 0 Å². The van der Waals surface area contributed by atoms with Crippen LogP contribution in [0.5, 0.6) is 0 Å². The first-order valence-corrected chi connectivity index (χ1v) is 7.73. The van der Waals surface area contributed by atoms with Crippen LogP contribution < -0.4 is 5.32 Å². The van der Waals surface area contributed by atoms with Crippen molar-refractivity contribution in [3.63, 3.8) is 0 Å². The van der Waals surface area contributed by atoms with Crippen LogP contribution in [-0.4, -0.2) is 24.7 Å². The molecule has 0 spiro atoms. The number of nitrogens with one attached hydrogen (secondary N) is 1. The Morgan fingerprint density at radius 2 is 2.22 bits per heavy atom. The summed E-state index contributed by atoms with van der Waals surface area (Å²) in [6.45, 7) is 9.25. The van der Waals surface area contributed by atoms with Crippen LogP contribution in [0.25, 0.3) is 0 Å². The molecule has 18 heavy (non-hydrogen) atoms. The van der Waals surface area contributed by atoms with Gasteiger partial charge in [-0.15, -0.1) is 11.3 Å². The number of aryl methyl sites for hydroxylation is 2. The number of ether oxygens (including phenoxy) is 1. The Morgan fingerprint density at radius 1 is 1.44 bits per heavy atom. The summed E-state index contributed by atoms with van der Waals surface area (Å²) in [5.41, 5.74) is 1.17. The molecule has 0 amide bonds. The number of hydrogen-bond acceptors (Lipinski definition) is 4. The molecule has 2 rings (SSSR count). The van der Waals surface area contributed by atoms with Gasteiger partial charge in [0, 0.05) is 24.1 Å². The third-order valence-corrected chi connectivity index (χ3v) is 4.55. The van der Waals surface area contributed by atoms with Gasteiger partial charge < -0.3 is 10.1 Å². The Labute approximate surface area is 114 Å². The molecule has 1 atom stereocenters. The molecule has 1 aromatic rings. The van der Waals surface area contributed by atoms with E-state index in [9.17, 15) is 0 Å². The van der Waals surface area contributed by atoms with Gasteiger partial charge in [0.05, 0.1) is 10.7 Å². The maximum atomic E-state index is 5.62. The lowest BCUT2D eigenvalue weighted by molar-refractivity contribution is 0.121. The summed E-state index contributed by atoms with van der Waals surface area (Å²) in [6, 6.07) is 0.402. The molecule has 1 aliphatic rings. The van der Waals surface area contributed by atoms with Gasteiger partial charge in [0.15, 0.2) is 0 Å². The number of hydrogen-bond donors (Lipinski definition) is 1. The van der Waals surface area contributed by atoms with Crippen LogP contribution >= 0.6 is 11.3 Å². The highest BCUT2D eigenvalue weighted by atomic mass is 32.1. The lowest BCUT2D eigenvalue weighted by atomic mass is 10.2. The van der Waals surface area contributed by atoms with E-state index in [1.54, 1.807) is 11.3 Å². The molecular weight excluding hydrogens is 244 g/mol. The third-order valence-electron chi connectivity index (χ3n) is 3.30. The molecule has 1 N–H and O–H groups in total. The van der Waals surface area contributed by atoms with Gasteiger partial charge in [-0.3, -0.25) is 0 Å². The van der Waals surface area contributed by atoms with Crippen LogP contribution in [0.4, 0.5) is 0 Å². The molecule has 1 aliphatic carbocycles. The molecule has 1 saturated carbocycles. The summed E-state index contributed by atoms with van der Waals surface area (Å²) in [4.78, 5) is 5.84. The summed E-state index contributed by atoms with van der Waals surface area (Å²) in [6.07, 6.45) is 3.84. The fourth-order valence-electron chi connectivity index (χ4n) is 2.07. The van der Waals surface area contributed by atoms with E-state index in [4.69, 9.17) is 4.74 Å². The standard InChI is InChI=1S/C14H24N2OS/c1-10(14-11(2)16-12(3)18-14)15-7-4-8-17-9-13-5-6-13/h10,13,15H,4-9H2,1-3H3. The van der Waals surface area contributed by atoms with E-state index in [0.29, 0.717) is 6.04 Å². The summed E-state index contributed by atoms with van der Waals surface area (Å²) in [5.74, 6) is 0.875. The third kappa shape index (κ3) is 4.34. The SMILES string of the molecule is Cc1nc(C)c(C(C)NCCCOCC2CC2)s1. The van der Waals surface area contributed by atoms with Crippen LogP contribution in [0.3, 0.4) is 0 Å². The molecule has 1 aromatic heterocycles. The first kappa shape index (κ1) is 14.0. The molecule has 0 aromatic carbocycles. The van der Waals surface area contributed by atoms with Crippen molar-refractivity contribution in [2.24, 2.45) is 5.92 Å². The lowest BCUT2D eigenvalue weighted by Gasteiger charge is -2.12. The van der Waals surface area contributed by atoms with Crippen LogP contribution in [-0.2, 0) is 4.74 Å². The second-order valence-electron chi connectivity index (χ2n) is 5.23. The van der Waals surface area contributed by atoms with Crippen molar-refractivity contribution >= 4 is 11.3 Å². The minimum Gasteiger partial charge on any atom is -0.381 e. The van der Waals surface area contributed by atoms with Crippen molar-refractivity contribution in [2.45, 2.75) is 46.1 Å².